The van der Waals surface area contributed by atoms with Crippen molar-refractivity contribution in [2.24, 2.45) is 5.41 Å². The number of rotatable bonds is 1. The van der Waals surface area contributed by atoms with Crippen LogP contribution in [-0.2, 0) is 9.59 Å². The van der Waals surface area contributed by atoms with E-state index in [0.717, 1.165) is 0 Å². The standard InChI is InChI=1S/C11H18FNO3/c1-6-7(12)5-8(9(14)15)13(6)10(16)11(2,3)4/h6-8H,5H2,1-4H3,(H,14,15)/t6-,7+,8?/m0/s1. The van der Waals surface area contributed by atoms with Crippen molar-refractivity contribution in [3.8, 4) is 0 Å². The molecule has 0 bridgehead atoms. The Morgan fingerprint density at radius 2 is 1.88 bits per heavy atom. The van der Waals surface area contributed by atoms with Crippen LogP contribution in [0.5, 0.6) is 0 Å². The SMILES string of the molecule is C[C@H]1[C@H](F)CC(C(=O)O)N1C(=O)C(C)(C)C. The monoisotopic (exact) mass is 231 g/mol. The van der Waals surface area contributed by atoms with E-state index in [9.17, 15) is 14.0 Å². The third kappa shape index (κ3) is 2.18. The fourth-order valence-corrected chi connectivity index (χ4v) is 1.92. The smallest absolute Gasteiger partial charge is 0.326 e. The van der Waals surface area contributed by atoms with Crippen LogP contribution in [0.1, 0.15) is 34.1 Å². The molecule has 1 unspecified atom stereocenters. The number of carboxylic acids is 1. The first-order valence-corrected chi connectivity index (χ1v) is 5.36. The molecular weight excluding hydrogens is 213 g/mol. The van der Waals surface area contributed by atoms with Gasteiger partial charge in [-0.25, -0.2) is 9.18 Å². The van der Waals surface area contributed by atoms with Gasteiger partial charge < -0.3 is 10.0 Å². The Labute approximate surface area is 94.4 Å². The maximum absolute atomic E-state index is 13.5. The quantitative estimate of drug-likeness (QED) is 0.743. The molecule has 0 aromatic rings. The van der Waals surface area contributed by atoms with Crippen molar-refractivity contribution in [3.05, 3.63) is 0 Å². The summed E-state index contributed by atoms with van der Waals surface area (Å²) in [5, 5.41) is 8.97. The van der Waals surface area contributed by atoms with Crippen molar-refractivity contribution in [2.45, 2.75) is 52.4 Å². The number of amides is 1. The summed E-state index contributed by atoms with van der Waals surface area (Å²) in [6.45, 7) is 6.66. The zero-order chi connectivity index (χ0) is 12.7. The summed E-state index contributed by atoms with van der Waals surface area (Å²) in [4.78, 5) is 24.2. The van der Waals surface area contributed by atoms with E-state index in [-0.39, 0.29) is 12.3 Å². The fraction of sp³-hybridized carbons (Fsp3) is 0.818. The lowest BCUT2D eigenvalue weighted by Crippen LogP contribution is -2.49. The van der Waals surface area contributed by atoms with Gasteiger partial charge in [0.15, 0.2) is 0 Å². The summed E-state index contributed by atoms with van der Waals surface area (Å²) in [5.41, 5.74) is -0.688. The molecule has 0 saturated carbocycles. The van der Waals surface area contributed by atoms with E-state index in [1.807, 2.05) is 0 Å². The van der Waals surface area contributed by atoms with Crippen LogP contribution in [0, 0.1) is 5.41 Å². The van der Waals surface area contributed by atoms with E-state index < -0.39 is 29.6 Å². The van der Waals surface area contributed by atoms with Crippen LogP contribution in [0.2, 0.25) is 0 Å². The Morgan fingerprint density at radius 1 is 1.38 bits per heavy atom. The first-order valence-electron chi connectivity index (χ1n) is 5.36. The average Bonchev–Trinajstić information content (AvgIpc) is 2.41. The Hall–Kier alpha value is -1.13. The second kappa shape index (κ2) is 4.03. The highest BCUT2D eigenvalue weighted by Gasteiger charge is 2.47. The number of hydrogen-bond donors (Lipinski definition) is 1. The van der Waals surface area contributed by atoms with Crippen LogP contribution in [-0.4, -0.2) is 40.1 Å². The molecule has 0 aromatic heterocycles. The molecule has 1 aliphatic rings. The van der Waals surface area contributed by atoms with Gasteiger partial charge >= 0.3 is 5.97 Å². The van der Waals surface area contributed by atoms with Gasteiger partial charge in [-0.15, -0.1) is 0 Å². The van der Waals surface area contributed by atoms with Crippen LogP contribution < -0.4 is 0 Å². The average molecular weight is 231 g/mol. The van der Waals surface area contributed by atoms with E-state index in [2.05, 4.69) is 0 Å². The van der Waals surface area contributed by atoms with Crippen molar-refractivity contribution >= 4 is 11.9 Å². The molecule has 16 heavy (non-hydrogen) atoms. The highest BCUT2D eigenvalue weighted by Crippen LogP contribution is 2.31. The summed E-state index contributed by atoms with van der Waals surface area (Å²) in [6, 6.07) is -1.69. The molecular formula is C11H18FNO3. The van der Waals surface area contributed by atoms with Gasteiger partial charge in [0.25, 0.3) is 0 Å². The Kier molecular flexibility index (Phi) is 3.26. The molecule has 1 saturated heterocycles. The normalized spacial score (nSPS) is 30.6. The topological polar surface area (TPSA) is 57.6 Å². The minimum atomic E-state index is -1.26. The number of halogens is 1. The number of carboxylic acid groups (broad SMARTS) is 1. The molecule has 0 aliphatic carbocycles. The Bertz CT molecular complexity index is 311. The van der Waals surface area contributed by atoms with Gasteiger partial charge in [0, 0.05) is 11.8 Å². The maximum atomic E-state index is 13.5. The van der Waals surface area contributed by atoms with Crippen LogP contribution in [0.25, 0.3) is 0 Å². The molecule has 1 N–H and O–H groups in total. The highest BCUT2D eigenvalue weighted by atomic mass is 19.1. The van der Waals surface area contributed by atoms with E-state index in [1.54, 1.807) is 27.7 Å². The predicted octanol–water partition coefficient (Wildman–Crippen LogP) is 1.44. The van der Waals surface area contributed by atoms with E-state index in [4.69, 9.17) is 5.11 Å². The number of alkyl halides is 1. The molecule has 5 heteroatoms. The van der Waals surface area contributed by atoms with Gasteiger partial charge in [-0.1, -0.05) is 20.8 Å². The molecule has 3 atom stereocenters. The van der Waals surface area contributed by atoms with Gasteiger partial charge in [0.05, 0.1) is 6.04 Å². The summed E-state index contributed by atoms with van der Waals surface area (Å²) in [5.74, 6) is -1.45. The molecule has 4 nitrogen and oxygen atoms in total. The largest absolute Gasteiger partial charge is 0.480 e. The summed E-state index contributed by atoms with van der Waals surface area (Å²) >= 11 is 0. The zero-order valence-corrected chi connectivity index (χ0v) is 10.0. The molecule has 92 valence electrons. The molecule has 1 aliphatic heterocycles. The van der Waals surface area contributed by atoms with E-state index >= 15 is 0 Å². The first-order chi connectivity index (χ1) is 7.16. The number of likely N-dealkylation sites (tertiary alicyclic amines) is 1. The van der Waals surface area contributed by atoms with Gasteiger partial charge in [-0.2, -0.15) is 0 Å². The predicted molar refractivity (Wildman–Crippen MR) is 56.7 cm³/mol. The lowest BCUT2D eigenvalue weighted by molar-refractivity contribution is -0.153. The summed E-state index contributed by atoms with van der Waals surface area (Å²) < 4.78 is 13.5. The van der Waals surface area contributed by atoms with Crippen LogP contribution in [0.3, 0.4) is 0 Å². The van der Waals surface area contributed by atoms with Gasteiger partial charge in [0.2, 0.25) is 5.91 Å². The Morgan fingerprint density at radius 3 is 2.25 bits per heavy atom. The molecule has 1 fully saturated rings. The van der Waals surface area contributed by atoms with Crippen molar-refractivity contribution in [1.29, 1.82) is 0 Å². The second-order valence-corrected chi connectivity index (χ2v) is 5.31. The number of hydrogen-bond acceptors (Lipinski definition) is 2. The number of carbonyl (C=O) groups excluding carboxylic acids is 1. The fourth-order valence-electron chi connectivity index (χ4n) is 1.92. The highest BCUT2D eigenvalue weighted by molar-refractivity contribution is 5.87. The van der Waals surface area contributed by atoms with Gasteiger partial charge in [-0.05, 0) is 6.92 Å². The van der Waals surface area contributed by atoms with Crippen molar-refractivity contribution in [1.82, 2.24) is 4.90 Å². The van der Waals surface area contributed by atoms with E-state index in [0.29, 0.717) is 0 Å². The molecule has 0 aromatic carbocycles. The van der Waals surface area contributed by atoms with Gasteiger partial charge in [-0.3, -0.25) is 4.79 Å². The lowest BCUT2D eigenvalue weighted by atomic mass is 9.94. The number of carbonyl (C=O) groups is 2. The molecule has 1 rings (SSSR count). The molecule has 1 amide bonds. The molecule has 0 radical (unpaired) electrons. The first kappa shape index (κ1) is 12.9. The third-order valence-electron chi connectivity index (χ3n) is 2.91. The lowest BCUT2D eigenvalue weighted by Gasteiger charge is -2.32. The summed E-state index contributed by atoms with van der Waals surface area (Å²) in [7, 11) is 0. The van der Waals surface area contributed by atoms with E-state index in [1.165, 1.54) is 4.90 Å². The third-order valence-corrected chi connectivity index (χ3v) is 2.91. The number of aliphatic carboxylic acids is 1. The van der Waals surface area contributed by atoms with Crippen molar-refractivity contribution in [3.63, 3.8) is 0 Å². The van der Waals surface area contributed by atoms with Crippen LogP contribution in [0.4, 0.5) is 4.39 Å². The van der Waals surface area contributed by atoms with Gasteiger partial charge in [0.1, 0.15) is 12.2 Å². The molecule has 0 spiro atoms. The minimum Gasteiger partial charge on any atom is -0.480 e. The van der Waals surface area contributed by atoms with Crippen molar-refractivity contribution in [2.75, 3.05) is 0 Å². The number of nitrogens with zero attached hydrogens (tertiary/aromatic N) is 1. The zero-order valence-electron chi connectivity index (χ0n) is 10.0. The summed E-state index contributed by atoms with van der Waals surface area (Å²) in [6.07, 6.45) is -1.37. The Balaban J connectivity index is 2.99. The maximum Gasteiger partial charge on any atom is 0.326 e. The minimum absolute atomic E-state index is 0.113. The molecule has 1 heterocycles. The second-order valence-electron chi connectivity index (χ2n) is 5.31. The van der Waals surface area contributed by atoms with Crippen LogP contribution >= 0.6 is 0 Å². The van der Waals surface area contributed by atoms with Crippen molar-refractivity contribution < 1.29 is 19.1 Å². The van der Waals surface area contributed by atoms with Crippen LogP contribution in [0.15, 0.2) is 0 Å².